The van der Waals surface area contributed by atoms with Crippen LogP contribution in [-0.2, 0) is 16.1 Å². The summed E-state index contributed by atoms with van der Waals surface area (Å²) in [5.74, 6) is -1.44. The number of carbonyl (C=O) groups is 2. The van der Waals surface area contributed by atoms with Crippen molar-refractivity contribution in [2.45, 2.75) is 6.54 Å². The van der Waals surface area contributed by atoms with E-state index >= 15 is 0 Å². The average molecular weight is 268 g/mol. The molecular weight excluding hydrogens is 258 g/mol. The van der Waals surface area contributed by atoms with E-state index in [1.807, 2.05) is 0 Å². The number of carboxylic acid groups (broad SMARTS) is 1. The van der Waals surface area contributed by atoms with Crippen LogP contribution in [0, 0.1) is 0 Å². The quantitative estimate of drug-likeness (QED) is 0.349. The topological polar surface area (TPSA) is 106 Å². The number of thiocarbonyl (C=S) groups is 1. The highest BCUT2D eigenvalue weighted by atomic mass is 32.1. The van der Waals surface area contributed by atoms with E-state index in [0.29, 0.717) is 18.4 Å². The highest BCUT2D eigenvalue weighted by Crippen LogP contribution is 1.97. The van der Waals surface area contributed by atoms with Crippen LogP contribution in [0.25, 0.3) is 0 Å². The van der Waals surface area contributed by atoms with E-state index < -0.39 is 11.9 Å². The van der Waals surface area contributed by atoms with Crippen LogP contribution in [0.15, 0.2) is 35.0 Å². The molecule has 1 aromatic heterocycles. The van der Waals surface area contributed by atoms with Gasteiger partial charge in [-0.25, -0.2) is 0 Å². The van der Waals surface area contributed by atoms with Gasteiger partial charge in [-0.2, -0.15) is 0 Å². The minimum atomic E-state index is -1.45. The molecule has 0 radical (unpaired) electrons. The molecule has 1 rings (SSSR count). The molecule has 0 fully saturated rings. The van der Waals surface area contributed by atoms with Gasteiger partial charge in [-0.05, 0) is 30.4 Å². The first-order valence-corrected chi connectivity index (χ1v) is 5.24. The third-order valence-electron chi connectivity index (χ3n) is 1.67. The minimum absolute atomic E-state index is 0.168. The molecule has 7 nitrogen and oxygen atoms in total. The Bertz CT molecular complexity index is 456. The van der Waals surface area contributed by atoms with Gasteiger partial charge in [-0.15, -0.1) is 0 Å². The molecule has 96 valence electrons. The molecule has 0 aliphatic carbocycles. The van der Waals surface area contributed by atoms with Crippen LogP contribution in [-0.4, -0.2) is 17.0 Å². The maximum Gasteiger partial charge on any atom is 0.262 e. The first kappa shape index (κ1) is 13.7. The molecule has 18 heavy (non-hydrogen) atoms. The van der Waals surface area contributed by atoms with Gasteiger partial charge in [0.05, 0.1) is 18.8 Å². The molecule has 0 spiro atoms. The second-order valence-corrected chi connectivity index (χ2v) is 3.44. The van der Waals surface area contributed by atoms with E-state index in [9.17, 15) is 14.7 Å². The van der Waals surface area contributed by atoms with E-state index in [-0.39, 0.29) is 5.11 Å². The van der Waals surface area contributed by atoms with Gasteiger partial charge < -0.3 is 19.6 Å². The summed E-state index contributed by atoms with van der Waals surface area (Å²) < 4.78 is 5.05. The Kier molecular flexibility index (Phi) is 5.39. The monoisotopic (exact) mass is 268 g/mol. The second-order valence-electron chi connectivity index (χ2n) is 3.03. The molecule has 8 heteroatoms. The number of amides is 1. The molecule has 0 aromatic carbocycles. The Hall–Kier alpha value is -2.35. The first-order valence-electron chi connectivity index (χ1n) is 4.83. The summed E-state index contributed by atoms with van der Waals surface area (Å²) >= 11 is 4.85. The fourth-order valence-electron chi connectivity index (χ4n) is 0.929. The van der Waals surface area contributed by atoms with Crippen LogP contribution in [0.1, 0.15) is 5.76 Å². The van der Waals surface area contributed by atoms with Gasteiger partial charge in [-0.1, -0.05) is 0 Å². The molecule has 0 aliphatic rings. The molecule has 0 atom stereocenters. The third kappa shape index (κ3) is 5.66. The number of hydrogen-bond acceptors (Lipinski definition) is 5. The van der Waals surface area contributed by atoms with Gasteiger partial charge in [0.2, 0.25) is 0 Å². The molecule has 0 saturated heterocycles. The second kappa shape index (κ2) is 7.07. The number of carboxylic acids is 1. The number of hydrazine groups is 1. The number of nitrogens with one attached hydrogen (secondary N) is 3. The zero-order valence-corrected chi connectivity index (χ0v) is 9.95. The zero-order valence-electron chi connectivity index (χ0n) is 9.14. The Balaban J connectivity index is 2.20. The molecule has 1 amide bonds. The van der Waals surface area contributed by atoms with Gasteiger partial charge in [0.15, 0.2) is 5.11 Å². The SMILES string of the molecule is O=C([O-])/C=C/C(=O)NNC(=S)NCc1ccco1. The number of aliphatic carboxylic acids is 1. The fraction of sp³-hybridized carbons (Fsp3) is 0.100. The normalized spacial score (nSPS) is 10.0. The summed E-state index contributed by atoms with van der Waals surface area (Å²) in [7, 11) is 0. The zero-order chi connectivity index (χ0) is 13.4. The Morgan fingerprint density at radius 2 is 2.17 bits per heavy atom. The summed E-state index contributed by atoms with van der Waals surface area (Å²) in [6.45, 7) is 0.365. The molecule has 3 N–H and O–H groups in total. The van der Waals surface area contributed by atoms with Crippen LogP contribution in [0.4, 0.5) is 0 Å². The summed E-state index contributed by atoms with van der Waals surface area (Å²) in [6, 6.07) is 3.50. The van der Waals surface area contributed by atoms with Crippen molar-refractivity contribution in [2.75, 3.05) is 0 Å². The van der Waals surface area contributed by atoms with Crippen molar-refractivity contribution in [1.82, 2.24) is 16.2 Å². The molecule has 0 bridgehead atoms. The summed E-state index contributed by atoms with van der Waals surface area (Å²) in [5, 5.41) is 13.0. The third-order valence-corrected chi connectivity index (χ3v) is 1.92. The van der Waals surface area contributed by atoms with Crippen molar-refractivity contribution >= 4 is 29.2 Å². The first-order chi connectivity index (χ1) is 8.58. The molecule has 0 saturated carbocycles. The van der Waals surface area contributed by atoms with Gasteiger partial charge in [-0.3, -0.25) is 15.6 Å². The van der Waals surface area contributed by atoms with Crippen LogP contribution in [0.3, 0.4) is 0 Å². The average Bonchev–Trinajstić information content (AvgIpc) is 2.84. The lowest BCUT2D eigenvalue weighted by atomic mass is 10.4. The van der Waals surface area contributed by atoms with E-state index in [1.165, 1.54) is 6.26 Å². The lowest BCUT2D eigenvalue weighted by molar-refractivity contribution is -0.297. The number of hydrogen-bond donors (Lipinski definition) is 3. The highest BCUT2D eigenvalue weighted by molar-refractivity contribution is 7.80. The maximum absolute atomic E-state index is 11.0. The Morgan fingerprint density at radius 1 is 1.39 bits per heavy atom. The smallest absolute Gasteiger partial charge is 0.262 e. The van der Waals surface area contributed by atoms with Gasteiger partial charge >= 0.3 is 0 Å². The Morgan fingerprint density at radius 3 is 2.78 bits per heavy atom. The molecule has 0 unspecified atom stereocenters. The van der Waals surface area contributed by atoms with Gasteiger partial charge in [0.1, 0.15) is 5.76 Å². The maximum atomic E-state index is 11.0. The van der Waals surface area contributed by atoms with E-state index in [4.69, 9.17) is 16.6 Å². The van der Waals surface area contributed by atoms with Crippen molar-refractivity contribution < 1.29 is 19.1 Å². The lowest BCUT2D eigenvalue weighted by Gasteiger charge is -2.09. The predicted molar refractivity (Wildman–Crippen MR) is 63.6 cm³/mol. The van der Waals surface area contributed by atoms with E-state index in [0.717, 1.165) is 6.08 Å². The molecule has 1 heterocycles. The molecular formula is C10H10N3O4S-. The van der Waals surface area contributed by atoms with Crippen LogP contribution in [0.2, 0.25) is 0 Å². The highest BCUT2D eigenvalue weighted by Gasteiger charge is 1.99. The molecule has 0 aliphatic heterocycles. The van der Waals surface area contributed by atoms with E-state index in [2.05, 4.69) is 16.2 Å². The van der Waals surface area contributed by atoms with Crippen LogP contribution in [0.5, 0.6) is 0 Å². The summed E-state index contributed by atoms with van der Waals surface area (Å²) in [6.07, 6.45) is 2.94. The van der Waals surface area contributed by atoms with Crippen molar-refractivity contribution in [1.29, 1.82) is 0 Å². The fourth-order valence-corrected chi connectivity index (χ4v) is 1.05. The number of carbonyl (C=O) groups excluding carboxylic acids is 2. The molecule has 1 aromatic rings. The van der Waals surface area contributed by atoms with Crippen molar-refractivity contribution in [3.63, 3.8) is 0 Å². The summed E-state index contributed by atoms with van der Waals surface area (Å²) in [4.78, 5) is 21.1. The number of rotatable bonds is 4. The van der Waals surface area contributed by atoms with Crippen molar-refractivity contribution in [3.05, 3.63) is 36.3 Å². The van der Waals surface area contributed by atoms with Gasteiger partial charge in [0.25, 0.3) is 5.91 Å². The van der Waals surface area contributed by atoms with Crippen molar-refractivity contribution in [3.8, 4) is 0 Å². The Labute approximate surface area is 108 Å². The van der Waals surface area contributed by atoms with Crippen LogP contribution >= 0.6 is 12.2 Å². The number of furan rings is 1. The standard InChI is InChI=1S/C10H11N3O4S/c14-8(3-4-9(15)16)12-13-10(18)11-6-7-2-1-5-17-7/h1-5H,6H2,(H,12,14)(H,15,16)(H2,11,13,18)/p-1/b4-3+. The predicted octanol–water partition coefficient (Wildman–Crippen LogP) is -1.42. The van der Waals surface area contributed by atoms with Crippen LogP contribution < -0.4 is 21.3 Å². The van der Waals surface area contributed by atoms with Gasteiger partial charge in [0, 0.05) is 6.08 Å². The lowest BCUT2D eigenvalue weighted by Crippen LogP contribution is -2.46. The minimum Gasteiger partial charge on any atom is -0.545 e. The summed E-state index contributed by atoms with van der Waals surface area (Å²) in [5.41, 5.74) is 4.55. The van der Waals surface area contributed by atoms with E-state index in [1.54, 1.807) is 12.1 Å². The van der Waals surface area contributed by atoms with Crippen molar-refractivity contribution in [2.24, 2.45) is 0 Å². The largest absolute Gasteiger partial charge is 0.545 e.